The smallest absolute Gasteiger partial charge is 0.146 e. The van der Waals surface area contributed by atoms with Crippen molar-refractivity contribution < 1.29 is 0 Å². The summed E-state index contributed by atoms with van der Waals surface area (Å²) in [5.74, 6) is 2.81. The van der Waals surface area contributed by atoms with Crippen LogP contribution in [0.4, 0.5) is 5.82 Å². The average molecular weight is 243 g/mol. The number of aromatic nitrogens is 4. The van der Waals surface area contributed by atoms with Crippen LogP contribution in [-0.2, 0) is 0 Å². The van der Waals surface area contributed by atoms with Crippen LogP contribution in [0.15, 0.2) is 6.33 Å². The van der Waals surface area contributed by atoms with Crippen molar-refractivity contribution in [2.45, 2.75) is 39.5 Å². The Morgan fingerprint density at radius 2 is 1.94 bits per heavy atom. The SMILES string of the molecule is Cc1ncn(-c2nc(C3CC3)nc(N)c2C)c1C. The summed E-state index contributed by atoms with van der Waals surface area (Å²) in [7, 11) is 0. The van der Waals surface area contributed by atoms with E-state index in [-0.39, 0.29) is 0 Å². The Bertz CT molecular complexity index is 610. The first kappa shape index (κ1) is 11.2. The zero-order valence-electron chi connectivity index (χ0n) is 10.9. The molecule has 0 amide bonds. The second kappa shape index (κ2) is 3.80. The molecule has 1 aliphatic rings. The minimum absolute atomic E-state index is 0.497. The average Bonchev–Trinajstić information content (AvgIpc) is 3.13. The monoisotopic (exact) mass is 243 g/mol. The summed E-state index contributed by atoms with van der Waals surface area (Å²) in [6.45, 7) is 5.99. The van der Waals surface area contributed by atoms with Crippen LogP contribution in [0.2, 0.25) is 0 Å². The molecule has 1 fully saturated rings. The molecule has 1 saturated carbocycles. The van der Waals surface area contributed by atoms with Gasteiger partial charge < -0.3 is 5.73 Å². The number of nitrogen functional groups attached to an aromatic ring is 1. The molecule has 5 heteroatoms. The van der Waals surface area contributed by atoms with E-state index in [2.05, 4.69) is 15.0 Å². The molecule has 0 bridgehead atoms. The van der Waals surface area contributed by atoms with E-state index in [9.17, 15) is 0 Å². The van der Waals surface area contributed by atoms with E-state index in [4.69, 9.17) is 5.73 Å². The fourth-order valence-corrected chi connectivity index (χ4v) is 2.01. The first-order chi connectivity index (χ1) is 8.58. The van der Waals surface area contributed by atoms with Gasteiger partial charge in [-0.2, -0.15) is 0 Å². The van der Waals surface area contributed by atoms with E-state index in [1.165, 1.54) is 12.8 Å². The van der Waals surface area contributed by atoms with Crippen molar-refractivity contribution in [1.82, 2.24) is 19.5 Å². The van der Waals surface area contributed by atoms with E-state index < -0.39 is 0 Å². The van der Waals surface area contributed by atoms with Crippen LogP contribution in [-0.4, -0.2) is 19.5 Å². The maximum atomic E-state index is 6.00. The number of anilines is 1. The van der Waals surface area contributed by atoms with Gasteiger partial charge in [-0.1, -0.05) is 0 Å². The summed E-state index contributed by atoms with van der Waals surface area (Å²) in [4.78, 5) is 13.4. The van der Waals surface area contributed by atoms with Gasteiger partial charge in [-0.05, 0) is 33.6 Å². The Morgan fingerprint density at radius 1 is 1.22 bits per heavy atom. The van der Waals surface area contributed by atoms with Gasteiger partial charge in [-0.15, -0.1) is 0 Å². The minimum Gasteiger partial charge on any atom is -0.383 e. The Hall–Kier alpha value is -1.91. The first-order valence-corrected chi connectivity index (χ1v) is 6.23. The van der Waals surface area contributed by atoms with Crippen LogP contribution < -0.4 is 5.73 Å². The number of imidazole rings is 1. The largest absolute Gasteiger partial charge is 0.383 e. The summed E-state index contributed by atoms with van der Waals surface area (Å²) >= 11 is 0. The molecule has 0 spiro atoms. The molecule has 3 rings (SSSR count). The molecule has 0 aliphatic heterocycles. The molecule has 2 aromatic heterocycles. The van der Waals surface area contributed by atoms with Gasteiger partial charge in [-0.3, -0.25) is 4.57 Å². The Morgan fingerprint density at radius 3 is 2.50 bits per heavy atom. The highest BCUT2D eigenvalue weighted by Gasteiger charge is 2.28. The van der Waals surface area contributed by atoms with Gasteiger partial charge in [0.25, 0.3) is 0 Å². The van der Waals surface area contributed by atoms with Gasteiger partial charge in [0.05, 0.1) is 5.69 Å². The summed E-state index contributed by atoms with van der Waals surface area (Å²) in [6.07, 6.45) is 4.14. The fraction of sp³-hybridized carbons (Fsp3) is 0.462. The molecule has 0 aromatic carbocycles. The minimum atomic E-state index is 0.497. The Balaban J connectivity index is 2.18. The fourth-order valence-electron chi connectivity index (χ4n) is 2.01. The van der Waals surface area contributed by atoms with Crippen LogP contribution >= 0.6 is 0 Å². The van der Waals surface area contributed by atoms with Crippen molar-refractivity contribution in [3.8, 4) is 5.82 Å². The molecule has 5 nitrogen and oxygen atoms in total. The van der Waals surface area contributed by atoms with Gasteiger partial charge in [0.2, 0.25) is 0 Å². The zero-order chi connectivity index (χ0) is 12.9. The molecule has 0 radical (unpaired) electrons. The van der Waals surface area contributed by atoms with Crippen molar-refractivity contribution in [2.75, 3.05) is 5.73 Å². The van der Waals surface area contributed by atoms with Crippen molar-refractivity contribution in [1.29, 1.82) is 0 Å². The molecule has 2 heterocycles. The molecular weight excluding hydrogens is 226 g/mol. The number of hydrogen-bond donors (Lipinski definition) is 1. The number of rotatable bonds is 2. The number of aryl methyl sites for hydroxylation is 1. The standard InChI is InChI=1S/C13H17N5/c1-7-11(14)16-12(10-4-5-10)17-13(7)18-6-15-8(2)9(18)3/h6,10H,4-5H2,1-3H3,(H2,14,16,17). The highest BCUT2D eigenvalue weighted by molar-refractivity contribution is 5.49. The zero-order valence-corrected chi connectivity index (χ0v) is 10.9. The molecule has 18 heavy (non-hydrogen) atoms. The summed E-state index contributed by atoms with van der Waals surface area (Å²) in [5, 5.41) is 0. The molecule has 0 unspecified atom stereocenters. The number of hydrogen-bond acceptors (Lipinski definition) is 4. The number of nitrogens with two attached hydrogens (primary N) is 1. The normalized spacial score (nSPS) is 15.1. The van der Waals surface area contributed by atoms with E-state index in [1.807, 2.05) is 25.3 Å². The first-order valence-electron chi connectivity index (χ1n) is 6.23. The lowest BCUT2D eigenvalue weighted by Crippen LogP contribution is -2.09. The Kier molecular flexibility index (Phi) is 2.36. The van der Waals surface area contributed by atoms with Gasteiger partial charge in [0.1, 0.15) is 23.8 Å². The summed E-state index contributed by atoms with van der Waals surface area (Å²) < 4.78 is 1.99. The molecule has 1 aliphatic carbocycles. The van der Waals surface area contributed by atoms with Crippen molar-refractivity contribution in [3.05, 3.63) is 29.1 Å². The van der Waals surface area contributed by atoms with E-state index in [0.29, 0.717) is 11.7 Å². The van der Waals surface area contributed by atoms with Crippen LogP contribution in [0, 0.1) is 20.8 Å². The van der Waals surface area contributed by atoms with Gasteiger partial charge in [0, 0.05) is 17.2 Å². The van der Waals surface area contributed by atoms with E-state index in [1.54, 1.807) is 6.33 Å². The third-order valence-electron chi connectivity index (χ3n) is 3.60. The quantitative estimate of drug-likeness (QED) is 0.876. The topological polar surface area (TPSA) is 69.6 Å². The van der Waals surface area contributed by atoms with Crippen molar-refractivity contribution in [2.24, 2.45) is 0 Å². The van der Waals surface area contributed by atoms with Crippen LogP contribution in [0.1, 0.15) is 41.5 Å². The maximum Gasteiger partial charge on any atom is 0.146 e. The third kappa shape index (κ3) is 1.66. The molecule has 2 aromatic rings. The lowest BCUT2D eigenvalue weighted by Gasteiger charge is -2.11. The van der Waals surface area contributed by atoms with Gasteiger partial charge >= 0.3 is 0 Å². The highest BCUT2D eigenvalue weighted by atomic mass is 15.1. The lowest BCUT2D eigenvalue weighted by atomic mass is 10.2. The Labute approximate surface area is 106 Å². The van der Waals surface area contributed by atoms with Crippen LogP contribution in [0.25, 0.3) is 5.82 Å². The molecule has 0 atom stereocenters. The van der Waals surface area contributed by atoms with Crippen LogP contribution in [0.3, 0.4) is 0 Å². The lowest BCUT2D eigenvalue weighted by molar-refractivity contribution is 0.857. The van der Waals surface area contributed by atoms with Crippen molar-refractivity contribution in [3.63, 3.8) is 0 Å². The predicted octanol–water partition coefficient (Wildman–Crippen LogP) is 2.05. The third-order valence-corrected chi connectivity index (χ3v) is 3.60. The maximum absolute atomic E-state index is 6.00. The van der Waals surface area contributed by atoms with Crippen molar-refractivity contribution >= 4 is 5.82 Å². The van der Waals surface area contributed by atoms with Gasteiger partial charge in [-0.25, -0.2) is 15.0 Å². The highest BCUT2D eigenvalue weighted by Crippen LogP contribution is 2.39. The van der Waals surface area contributed by atoms with Gasteiger partial charge in [0.15, 0.2) is 0 Å². The molecule has 0 saturated heterocycles. The second-order valence-corrected chi connectivity index (χ2v) is 4.98. The van der Waals surface area contributed by atoms with E-state index >= 15 is 0 Å². The van der Waals surface area contributed by atoms with Crippen LogP contribution in [0.5, 0.6) is 0 Å². The van der Waals surface area contributed by atoms with E-state index in [0.717, 1.165) is 28.6 Å². The summed E-state index contributed by atoms with van der Waals surface area (Å²) in [6, 6.07) is 0. The molecular formula is C13H17N5. The molecule has 94 valence electrons. The summed E-state index contributed by atoms with van der Waals surface area (Å²) in [5.41, 5.74) is 9.02. The predicted molar refractivity (Wildman–Crippen MR) is 69.8 cm³/mol. The molecule has 2 N–H and O–H groups in total. The number of nitrogens with zero attached hydrogens (tertiary/aromatic N) is 4. The second-order valence-electron chi connectivity index (χ2n) is 4.98.